The first-order valence-corrected chi connectivity index (χ1v) is 4.91. The summed E-state index contributed by atoms with van der Waals surface area (Å²) in [6, 6.07) is 5.58. The number of carbonyl (C=O) groups excluding carboxylic acids is 1. The van der Waals surface area contributed by atoms with Gasteiger partial charge in [0.05, 0.1) is 0 Å². The third-order valence-corrected chi connectivity index (χ3v) is 2.68. The number of aromatic nitrogens is 1. The molecule has 0 N–H and O–H groups in total. The SMILES string of the molecule is O=C([O-])Cc1cccc(C2CCC2)n1. The van der Waals surface area contributed by atoms with Crippen LogP contribution < -0.4 is 5.11 Å². The number of aliphatic carboxylic acids is 1. The molecule has 14 heavy (non-hydrogen) atoms. The first-order valence-electron chi connectivity index (χ1n) is 4.91. The van der Waals surface area contributed by atoms with E-state index in [1.807, 2.05) is 12.1 Å². The Labute approximate surface area is 82.8 Å². The van der Waals surface area contributed by atoms with E-state index < -0.39 is 5.97 Å². The molecule has 0 saturated heterocycles. The highest BCUT2D eigenvalue weighted by molar-refractivity contribution is 5.67. The van der Waals surface area contributed by atoms with Crippen molar-refractivity contribution in [3.63, 3.8) is 0 Å². The van der Waals surface area contributed by atoms with Gasteiger partial charge >= 0.3 is 0 Å². The van der Waals surface area contributed by atoms with E-state index >= 15 is 0 Å². The molecule has 0 amide bonds. The largest absolute Gasteiger partial charge is 0.550 e. The van der Waals surface area contributed by atoms with Gasteiger partial charge < -0.3 is 9.90 Å². The molecule has 0 unspecified atom stereocenters. The fourth-order valence-corrected chi connectivity index (χ4v) is 1.68. The Morgan fingerprint density at radius 3 is 2.86 bits per heavy atom. The lowest BCUT2D eigenvalue weighted by atomic mass is 9.82. The fourth-order valence-electron chi connectivity index (χ4n) is 1.68. The van der Waals surface area contributed by atoms with E-state index in [9.17, 15) is 9.90 Å². The minimum Gasteiger partial charge on any atom is -0.550 e. The lowest BCUT2D eigenvalue weighted by molar-refractivity contribution is -0.304. The molecular formula is C11H12NO2-. The number of hydrogen-bond acceptors (Lipinski definition) is 3. The molecule has 0 spiro atoms. The van der Waals surface area contributed by atoms with Crippen molar-refractivity contribution in [2.24, 2.45) is 0 Å². The second kappa shape index (κ2) is 3.78. The van der Waals surface area contributed by atoms with Crippen molar-refractivity contribution in [3.05, 3.63) is 29.6 Å². The molecule has 0 bridgehead atoms. The zero-order valence-electron chi connectivity index (χ0n) is 7.90. The standard InChI is InChI=1S/C11H13NO2/c13-11(14)7-9-5-2-6-10(12-9)8-3-1-4-8/h2,5-6,8H,1,3-4,7H2,(H,13,14)/p-1. The summed E-state index contributed by atoms with van der Waals surface area (Å²) in [4.78, 5) is 14.7. The molecular weight excluding hydrogens is 178 g/mol. The fraction of sp³-hybridized carbons (Fsp3) is 0.455. The number of hydrogen-bond donors (Lipinski definition) is 0. The van der Waals surface area contributed by atoms with E-state index in [1.165, 1.54) is 19.3 Å². The molecule has 0 atom stereocenters. The first kappa shape index (κ1) is 9.19. The van der Waals surface area contributed by atoms with Crippen LogP contribution in [0.15, 0.2) is 18.2 Å². The van der Waals surface area contributed by atoms with Gasteiger partial charge in [-0.15, -0.1) is 0 Å². The number of rotatable bonds is 3. The normalized spacial score (nSPS) is 16.3. The zero-order chi connectivity index (χ0) is 9.97. The summed E-state index contributed by atoms with van der Waals surface area (Å²) in [5.74, 6) is -0.514. The molecule has 0 aromatic carbocycles. The second-order valence-electron chi connectivity index (χ2n) is 3.73. The summed E-state index contributed by atoms with van der Waals surface area (Å²) in [6.07, 6.45) is 3.54. The molecule has 1 fully saturated rings. The molecule has 1 aliphatic rings. The van der Waals surface area contributed by atoms with Crippen LogP contribution in [0.2, 0.25) is 0 Å². The van der Waals surface area contributed by atoms with Crippen molar-refractivity contribution in [2.45, 2.75) is 31.6 Å². The van der Waals surface area contributed by atoms with Crippen LogP contribution in [0.3, 0.4) is 0 Å². The highest BCUT2D eigenvalue weighted by atomic mass is 16.4. The van der Waals surface area contributed by atoms with E-state index in [-0.39, 0.29) is 6.42 Å². The van der Waals surface area contributed by atoms with Gasteiger partial charge in [-0.2, -0.15) is 0 Å². The molecule has 0 radical (unpaired) electrons. The Kier molecular flexibility index (Phi) is 2.48. The molecule has 1 saturated carbocycles. The van der Waals surface area contributed by atoms with Crippen LogP contribution in [0.1, 0.15) is 36.6 Å². The minimum absolute atomic E-state index is 0.0828. The molecule has 2 rings (SSSR count). The van der Waals surface area contributed by atoms with Crippen molar-refractivity contribution >= 4 is 5.97 Å². The van der Waals surface area contributed by atoms with Crippen molar-refractivity contribution in [2.75, 3.05) is 0 Å². The summed E-state index contributed by atoms with van der Waals surface area (Å²) in [7, 11) is 0. The van der Waals surface area contributed by atoms with Crippen molar-refractivity contribution in [1.82, 2.24) is 4.98 Å². The van der Waals surface area contributed by atoms with Gasteiger partial charge in [0.15, 0.2) is 0 Å². The Morgan fingerprint density at radius 2 is 2.29 bits per heavy atom. The quantitative estimate of drug-likeness (QED) is 0.702. The summed E-state index contributed by atoms with van der Waals surface area (Å²) >= 11 is 0. The Balaban J connectivity index is 2.13. The molecule has 1 aromatic rings. The van der Waals surface area contributed by atoms with E-state index in [0.29, 0.717) is 11.6 Å². The van der Waals surface area contributed by atoms with E-state index in [2.05, 4.69) is 4.98 Å². The van der Waals surface area contributed by atoms with Gasteiger partial charge in [0.25, 0.3) is 0 Å². The Morgan fingerprint density at radius 1 is 1.50 bits per heavy atom. The summed E-state index contributed by atoms with van der Waals surface area (Å²) in [5.41, 5.74) is 1.64. The van der Waals surface area contributed by atoms with Crippen molar-refractivity contribution < 1.29 is 9.90 Å². The Bertz CT molecular complexity index is 345. The van der Waals surface area contributed by atoms with Crippen molar-refractivity contribution in [1.29, 1.82) is 0 Å². The van der Waals surface area contributed by atoms with Crippen LogP contribution in [-0.4, -0.2) is 11.0 Å². The van der Waals surface area contributed by atoms with Crippen LogP contribution in [-0.2, 0) is 11.2 Å². The highest BCUT2D eigenvalue weighted by Gasteiger charge is 2.20. The number of carboxylic acid groups (broad SMARTS) is 1. The molecule has 1 aliphatic carbocycles. The highest BCUT2D eigenvalue weighted by Crippen LogP contribution is 2.35. The van der Waals surface area contributed by atoms with Crippen LogP contribution in [0.5, 0.6) is 0 Å². The maximum atomic E-state index is 10.4. The third kappa shape index (κ3) is 1.92. The predicted molar refractivity (Wildman–Crippen MR) is 49.5 cm³/mol. The van der Waals surface area contributed by atoms with Crippen LogP contribution in [0.25, 0.3) is 0 Å². The van der Waals surface area contributed by atoms with Gasteiger partial charge in [-0.05, 0) is 25.0 Å². The lowest BCUT2D eigenvalue weighted by Crippen LogP contribution is -2.25. The summed E-state index contributed by atoms with van der Waals surface area (Å²) in [6.45, 7) is 0. The van der Waals surface area contributed by atoms with Gasteiger partial charge in [-0.3, -0.25) is 4.98 Å². The zero-order valence-corrected chi connectivity index (χ0v) is 7.90. The lowest BCUT2D eigenvalue weighted by Gasteiger charge is -2.25. The van der Waals surface area contributed by atoms with Gasteiger partial charge in [0, 0.05) is 29.7 Å². The topological polar surface area (TPSA) is 53.0 Å². The predicted octanol–water partition coefficient (Wildman–Crippen LogP) is 0.641. The van der Waals surface area contributed by atoms with Gasteiger partial charge in [-0.25, -0.2) is 0 Å². The van der Waals surface area contributed by atoms with Crippen LogP contribution in [0, 0.1) is 0 Å². The van der Waals surface area contributed by atoms with Gasteiger partial charge in [-0.1, -0.05) is 12.5 Å². The average Bonchev–Trinajstić information content (AvgIpc) is 1.99. The number of nitrogens with zero attached hydrogens (tertiary/aromatic N) is 1. The molecule has 0 aliphatic heterocycles. The van der Waals surface area contributed by atoms with Gasteiger partial charge in [0.2, 0.25) is 0 Å². The van der Waals surface area contributed by atoms with Crippen LogP contribution >= 0.6 is 0 Å². The first-order chi connectivity index (χ1) is 6.75. The second-order valence-corrected chi connectivity index (χ2v) is 3.73. The maximum Gasteiger partial charge on any atom is 0.0473 e. The van der Waals surface area contributed by atoms with E-state index in [0.717, 1.165) is 5.69 Å². The number of carbonyl (C=O) groups is 1. The van der Waals surface area contributed by atoms with Crippen molar-refractivity contribution in [3.8, 4) is 0 Å². The molecule has 3 heteroatoms. The molecule has 1 heterocycles. The monoisotopic (exact) mass is 190 g/mol. The number of pyridine rings is 1. The molecule has 74 valence electrons. The van der Waals surface area contributed by atoms with Gasteiger partial charge in [0.1, 0.15) is 0 Å². The summed E-state index contributed by atoms with van der Waals surface area (Å²) < 4.78 is 0. The third-order valence-electron chi connectivity index (χ3n) is 2.68. The maximum absolute atomic E-state index is 10.4. The number of carboxylic acids is 1. The van der Waals surface area contributed by atoms with E-state index in [1.54, 1.807) is 6.07 Å². The molecule has 1 aromatic heterocycles. The minimum atomic E-state index is -1.07. The van der Waals surface area contributed by atoms with Crippen LogP contribution in [0.4, 0.5) is 0 Å². The summed E-state index contributed by atoms with van der Waals surface area (Å²) in [5, 5.41) is 10.4. The smallest absolute Gasteiger partial charge is 0.0473 e. The molecule has 3 nitrogen and oxygen atoms in total. The van der Waals surface area contributed by atoms with E-state index in [4.69, 9.17) is 0 Å². The average molecular weight is 190 g/mol. The Hall–Kier alpha value is -1.38.